The number of halogens is 1. The van der Waals surface area contributed by atoms with Crippen LogP contribution in [-0.2, 0) is 5.41 Å². The fourth-order valence-electron chi connectivity index (χ4n) is 7.18. The third-order valence-corrected chi connectivity index (χ3v) is 10.9. The number of fused-ring (bicyclic) bond motifs is 9. The quantitative estimate of drug-likeness (QED) is 0.181. The zero-order chi connectivity index (χ0) is 28.2. The second-order valence-corrected chi connectivity index (χ2v) is 13.9. The van der Waals surface area contributed by atoms with Crippen LogP contribution in [0.2, 0.25) is 0 Å². The van der Waals surface area contributed by atoms with Gasteiger partial charge >= 0.3 is 0 Å². The molecule has 0 N–H and O–H groups in total. The van der Waals surface area contributed by atoms with E-state index in [1.165, 1.54) is 81.0 Å². The maximum atomic E-state index is 3.68. The lowest BCUT2D eigenvalue weighted by molar-refractivity contribution is 0.661. The average Bonchev–Trinajstić information content (AvgIpc) is 3.61. The summed E-state index contributed by atoms with van der Waals surface area (Å²) in [4.78, 5) is 0. The van der Waals surface area contributed by atoms with Crippen LogP contribution in [0.3, 0.4) is 0 Å². The van der Waals surface area contributed by atoms with Gasteiger partial charge in [0.25, 0.3) is 0 Å². The van der Waals surface area contributed by atoms with Crippen molar-refractivity contribution >= 4 is 69.2 Å². The smallest absolute Gasteiger partial charge is 0.0544 e. The van der Waals surface area contributed by atoms with Crippen LogP contribution >= 0.6 is 27.3 Å². The minimum Gasteiger partial charge on any atom is -0.309 e. The van der Waals surface area contributed by atoms with Crippen LogP contribution in [-0.4, -0.2) is 4.57 Å². The van der Waals surface area contributed by atoms with Crippen molar-refractivity contribution in [1.82, 2.24) is 4.57 Å². The molecule has 0 atom stereocenters. The summed E-state index contributed by atoms with van der Waals surface area (Å²) in [5.41, 5.74) is 11.7. The van der Waals surface area contributed by atoms with E-state index in [2.05, 4.69) is 156 Å². The number of nitrogens with zero attached hydrogens (tertiary/aromatic N) is 1. The normalized spacial score (nSPS) is 13.8. The summed E-state index contributed by atoms with van der Waals surface area (Å²) in [5.74, 6) is 0. The van der Waals surface area contributed by atoms with Gasteiger partial charge < -0.3 is 4.57 Å². The van der Waals surface area contributed by atoms with Gasteiger partial charge in [0.1, 0.15) is 0 Å². The second kappa shape index (κ2) is 8.67. The Bertz CT molecular complexity index is 2390. The van der Waals surface area contributed by atoms with E-state index in [-0.39, 0.29) is 5.41 Å². The molecule has 2 heterocycles. The third kappa shape index (κ3) is 3.35. The van der Waals surface area contributed by atoms with Crippen LogP contribution in [0.1, 0.15) is 25.0 Å². The van der Waals surface area contributed by atoms with Crippen LogP contribution < -0.4 is 0 Å². The molecule has 1 nitrogen and oxygen atoms in total. The van der Waals surface area contributed by atoms with Gasteiger partial charge in [-0.15, -0.1) is 11.3 Å². The zero-order valence-corrected chi connectivity index (χ0v) is 25.7. The van der Waals surface area contributed by atoms with Crippen LogP contribution in [0.4, 0.5) is 0 Å². The van der Waals surface area contributed by atoms with Gasteiger partial charge in [-0.1, -0.05) is 84.4 Å². The van der Waals surface area contributed by atoms with Crippen molar-refractivity contribution in [3.8, 4) is 27.9 Å². The molecule has 0 saturated heterocycles. The molecular formula is C39H26BrNS. The molecule has 0 unspecified atom stereocenters. The Hall–Kier alpha value is -4.18. The predicted molar refractivity (Wildman–Crippen MR) is 184 cm³/mol. The minimum atomic E-state index is -0.0447. The lowest BCUT2D eigenvalue weighted by Crippen LogP contribution is -2.14. The monoisotopic (exact) mass is 619 g/mol. The number of aromatic nitrogens is 1. The number of para-hydroxylation sites is 1. The van der Waals surface area contributed by atoms with E-state index in [1.807, 2.05) is 11.3 Å². The molecule has 1 aliphatic carbocycles. The molecule has 0 saturated carbocycles. The van der Waals surface area contributed by atoms with Gasteiger partial charge in [-0.05, 0) is 100 Å². The predicted octanol–water partition coefficient (Wildman–Crippen LogP) is 11.9. The lowest BCUT2D eigenvalue weighted by atomic mass is 9.82. The Kier molecular flexibility index (Phi) is 5.04. The third-order valence-electron chi connectivity index (χ3n) is 9.25. The Morgan fingerprint density at radius 3 is 2.05 bits per heavy atom. The fourth-order valence-corrected chi connectivity index (χ4v) is 8.61. The standard InChI is InChI=1S/C39H26BrNS/c1-39(2)33-11-7-6-10-27(33)28-21-30-29-18-23(24-13-16-37-31(19-24)32-20-25(40)14-17-38(32)42-37)12-15-35(29)41(36(30)22-34(28)39)26-8-4-3-5-9-26/h3-22H,1-2H3. The van der Waals surface area contributed by atoms with Gasteiger partial charge in [-0.2, -0.15) is 0 Å². The number of hydrogen-bond acceptors (Lipinski definition) is 1. The van der Waals surface area contributed by atoms with Crippen LogP contribution in [0.25, 0.3) is 69.9 Å². The highest BCUT2D eigenvalue weighted by Gasteiger charge is 2.36. The van der Waals surface area contributed by atoms with Gasteiger partial charge in [-0.3, -0.25) is 0 Å². The molecule has 3 heteroatoms. The van der Waals surface area contributed by atoms with Gasteiger partial charge in [0.15, 0.2) is 0 Å². The van der Waals surface area contributed by atoms with Crippen LogP contribution in [0.15, 0.2) is 126 Å². The summed E-state index contributed by atoms with van der Waals surface area (Å²) in [6.45, 7) is 4.72. The van der Waals surface area contributed by atoms with E-state index >= 15 is 0 Å². The maximum Gasteiger partial charge on any atom is 0.0544 e. The SMILES string of the molecule is CC1(C)c2ccccc2-c2cc3c4cc(-c5ccc6sc7ccc(Br)cc7c6c5)ccc4n(-c4ccccc4)c3cc21. The molecule has 6 aromatic carbocycles. The van der Waals surface area contributed by atoms with Crippen molar-refractivity contribution in [3.05, 3.63) is 137 Å². The first-order valence-corrected chi connectivity index (χ1v) is 16.0. The number of hydrogen-bond donors (Lipinski definition) is 0. The summed E-state index contributed by atoms with van der Waals surface area (Å²) in [7, 11) is 0. The van der Waals surface area contributed by atoms with Crippen molar-refractivity contribution in [2.45, 2.75) is 19.3 Å². The van der Waals surface area contributed by atoms with E-state index < -0.39 is 0 Å². The van der Waals surface area contributed by atoms with Crippen molar-refractivity contribution in [2.24, 2.45) is 0 Å². The molecule has 0 bridgehead atoms. The van der Waals surface area contributed by atoms with Gasteiger partial charge in [0, 0.05) is 46.5 Å². The van der Waals surface area contributed by atoms with E-state index in [1.54, 1.807) is 0 Å². The summed E-state index contributed by atoms with van der Waals surface area (Å²) < 4.78 is 6.21. The first-order valence-electron chi connectivity index (χ1n) is 14.4. The highest BCUT2D eigenvalue weighted by molar-refractivity contribution is 9.10. The van der Waals surface area contributed by atoms with E-state index in [0.29, 0.717) is 0 Å². The second-order valence-electron chi connectivity index (χ2n) is 11.9. The van der Waals surface area contributed by atoms with E-state index in [9.17, 15) is 0 Å². The number of thiophene rings is 1. The maximum absolute atomic E-state index is 3.68. The van der Waals surface area contributed by atoms with Crippen LogP contribution in [0.5, 0.6) is 0 Å². The first kappa shape index (κ1) is 24.4. The van der Waals surface area contributed by atoms with E-state index in [4.69, 9.17) is 0 Å². The van der Waals surface area contributed by atoms with Crippen molar-refractivity contribution in [2.75, 3.05) is 0 Å². The van der Waals surface area contributed by atoms with Crippen molar-refractivity contribution in [1.29, 1.82) is 0 Å². The highest BCUT2D eigenvalue weighted by atomic mass is 79.9. The first-order chi connectivity index (χ1) is 20.5. The van der Waals surface area contributed by atoms with Gasteiger partial charge in [0.2, 0.25) is 0 Å². The molecule has 42 heavy (non-hydrogen) atoms. The minimum absolute atomic E-state index is 0.0447. The molecule has 0 spiro atoms. The lowest BCUT2D eigenvalue weighted by Gasteiger charge is -2.21. The van der Waals surface area contributed by atoms with Crippen LogP contribution in [0, 0.1) is 0 Å². The molecule has 1 aliphatic rings. The van der Waals surface area contributed by atoms with Crippen molar-refractivity contribution < 1.29 is 0 Å². The molecule has 0 radical (unpaired) electrons. The molecule has 0 aliphatic heterocycles. The molecule has 0 fully saturated rings. The molecule has 8 aromatic rings. The van der Waals surface area contributed by atoms with Gasteiger partial charge in [-0.25, -0.2) is 0 Å². The summed E-state index contributed by atoms with van der Waals surface area (Å²) in [6, 6.07) is 45.2. The molecule has 2 aromatic heterocycles. The fraction of sp³-hybridized carbons (Fsp3) is 0.0769. The Labute approximate surface area is 256 Å². The Balaban J connectivity index is 1.33. The Morgan fingerprint density at radius 2 is 1.21 bits per heavy atom. The summed E-state index contributed by atoms with van der Waals surface area (Å²) in [6.07, 6.45) is 0. The molecule has 0 amide bonds. The van der Waals surface area contributed by atoms with Crippen molar-refractivity contribution in [3.63, 3.8) is 0 Å². The number of benzene rings is 6. The molecule has 200 valence electrons. The summed E-state index contributed by atoms with van der Waals surface area (Å²) in [5, 5.41) is 5.21. The molecule has 9 rings (SSSR count). The largest absolute Gasteiger partial charge is 0.309 e. The van der Waals surface area contributed by atoms with Gasteiger partial charge in [0.05, 0.1) is 11.0 Å². The highest BCUT2D eigenvalue weighted by Crippen LogP contribution is 2.51. The topological polar surface area (TPSA) is 4.93 Å². The summed E-state index contributed by atoms with van der Waals surface area (Å²) >= 11 is 5.54. The average molecular weight is 621 g/mol. The Morgan fingerprint density at radius 1 is 0.548 bits per heavy atom. The zero-order valence-electron chi connectivity index (χ0n) is 23.3. The molecular weight excluding hydrogens is 594 g/mol. The number of rotatable bonds is 2. The van der Waals surface area contributed by atoms with E-state index in [0.717, 1.165) is 4.47 Å².